The number of rotatable bonds is 4. The summed E-state index contributed by atoms with van der Waals surface area (Å²) in [4.78, 5) is 4.71. The maximum Gasteiger partial charge on any atom is 0.122 e. The molecule has 2 rings (SSSR count). The van der Waals surface area contributed by atoms with Gasteiger partial charge in [0.25, 0.3) is 0 Å². The summed E-state index contributed by atoms with van der Waals surface area (Å²) in [7, 11) is 0. The molecular formula is C12H20N2OS. The van der Waals surface area contributed by atoms with Crippen molar-refractivity contribution in [2.45, 2.75) is 45.3 Å². The van der Waals surface area contributed by atoms with Gasteiger partial charge in [-0.25, -0.2) is 4.98 Å². The molecule has 1 fully saturated rings. The molecule has 16 heavy (non-hydrogen) atoms. The molecular weight excluding hydrogens is 220 g/mol. The third-order valence-corrected chi connectivity index (χ3v) is 3.92. The topological polar surface area (TPSA) is 34.1 Å². The van der Waals surface area contributed by atoms with Gasteiger partial charge in [-0.05, 0) is 33.2 Å². The minimum atomic E-state index is -0.0396. The third kappa shape index (κ3) is 2.44. The van der Waals surface area contributed by atoms with E-state index in [1.165, 1.54) is 0 Å². The van der Waals surface area contributed by atoms with Gasteiger partial charge in [-0.15, -0.1) is 11.3 Å². The standard InChI is InChI=1S/C12H20N2OS/c1-4-13-12(2,3)10-8-16-11(14-10)9-6-5-7-15-9/h8-9,13H,4-7H2,1-3H3. The summed E-state index contributed by atoms with van der Waals surface area (Å²) < 4.78 is 5.65. The first-order chi connectivity index (χ1) is 7.63. The van der Waals surface area contributed by atoms with Crippen LogP contribution in [0.15, 0.2) is 5.38 Å². The van der Waals surface area contributed by atoms with Crippen molar-refractivity contribution >= 4 is 11.3 Å². The van der Waals surface area contributed by atoms with Gasteiger partial charge in [-0.3, -0.25) is 0 Å². The summed E-state index contributed by atoms with van der Waals surface area (Å²) in [6.45, 7) is 8.31. The summed E-state index contributed by atoms with van der Waals surface area (Å²) in [6, 6.07) is 0. The lowest BCUT2D eigenvalue weighted by atomic mass is 10.0. The Kier molecular flexibility index (Phi) is 3.62. The molecule has 2 heterocycles. The van der Waals surface area contributed by atoms with Crippen molar-refractivity contribution in [2.75, 3.05) is 13.2 Å². The SMILES string of the molecule is CCNC(C)(C)c1csc(C2CCCO2)n1. The molecule has 0 amide bonds. The van der Waals surface area contributed by atoms with Crippen molar-refractivity contribution in [2.24, 2.45) is 0 Å². The molecule has 3 nitrogen and oxygen atoms in total. The van der Waals surface area contributed by atoms with Crippen molar-refractivity contribution in [3.8, 4) is 0 Å². The Labute approximate surface area is 101 Å². The average molecular weight is 240 g/mol. The van der Waals surface area contributed by atoms with Crippen LogP contribution in [0.4, 0.5) is 0 Å². The predicted molar refractivity (Wildman–Crippen MR) is 66.7 cm³/mol. The highest BCUT2D eigenvalue weighted by Gasteiger charge is 2.26. The number of aromatic nitrogens is 1. The molecule has 0 radical (unpaired) electrons. The van der Waals surface area contributed by atoms with Gasteiger partial charge in [-0.2, -0.15) is 0 Å². The van der Waals surface area contributed by atoms with Crippen LogP contribution in [0.25, 0.3) is 0 Å². The van der Waals surface area contributed by atoms with Gasteiger partial charge in [0.05, 0.1) is 11.2 Å². The molecule has 1 atom stereocenters. The second-order valence-corrected chi connectivity index (χ2v) is 5.62. The predicted octanol–water partition coefficient (Wildman–Crippen LogP) is 2.84. The first-order valence-corrected chi connectivity index (χ1v) is 6.84. The van der Waals surface area contributed by atoms with Gasteiger partial charge in [-0.1, -0.05) is 6.92 Å². The van der Waals surface area contributed by atoms with Crippen molar-refractivity contribution < 1.29 is 4.74 Å². The normalized spacial score (nSPS) is 21.6. The Balaban J connectivity index is 2.12. The van der Waals surface area contributed by atoms with Gasteiger partial charge in [0, 0.05) is 12.0 Å². The minimum absolute atomic E-state index is 0.0396. The monoisotopic (exact) mass is 240 g/mol. The van der Waals surface area contributed by atoms with Crippen LogP contribution in [0.5, 0.6) is 0 Å². The van der Waals surface area contributed by atoms with Crippen LogP contribution < -0.4 is 5.32 Å². The molecule has 1 aliphatic heterocycles. The zero-order valence-corrected chi connectivity index (χ0v) is 11.1. The summed E-state index contributed by atoms with van der Waals surface area (Å²) in [6.07, 6.45) is 2.53. The molecule has 0 spiro atoms. The maximum atomic E-state index is 5.65. The zero-order chi connectivity index (χ0) is 11.6. The quantitative estimate of drug-likeness (QED) is 0.878. The Morgan fingerprint density at radius 2 is 2.44 bits per heavy atom. The van der Waals surface area contributed by atoms with E-state index in [2.05, 4.69) is 31.5 Å². The highest BCUT2D eigenvalue weighted by molar-refractivity contribution is 7.09. The molecule has 1 aromatic heterocycles. The third-order valence-electron chi connectivity index (χ3n) is 2.99. The molecule has 1 N–H and O–H groups in total. The first-order valence-electron chi connectivity index (χ1n) is 5.96. The largest absolute Gasteiger partial charge is 0.371 e. The van der Waals surface area contributed by atoms with Gasteiger partial charge in [0.1, 0.15) is 11.1 Å². The van der Waals surface area contributed by atoms with E-state index < -0.39 is 0 Å². The van der Waals surface area contributed by atoms with E-state index in [9.17, 15) is 0 Å². The van der Waals surface area contributed by atoms with E-state index in [1.54, 1.807) is 11.3 Å². The summed E-state index contributed by atoms with van der Waals surface area (Å²) in [5.74, 6) is 0. The molecule has 4 heteroatoms. The fraction of sp³-hybridized carbons (Fsp3) is 0.750. The smallest absolute Gasteiger partial charge is 0.122 e. The van der Waals surface area contributed by atoms with E-state index in [-0.39, 0.29) is 11.6 Å². The van der Waals surface area contributed by atoms with Crippen LogP contribution >= 0.6 is 11.3 Å². The van der Waals surface area contributed by atoms with E-state index in [0.717, 1.165) is 36.7 Å². The van der Waals surface area contributed by atoms with Crippen molar-refractivity contribution in [1.82, 2.24) is 10.3 Å². The second-order valence-electron chi connectivity index (χ2n) is 4.73. The first kappa shape index (κ1) is 12.0. The Morgan fingerprint density at radius 3 is 3.06 bits per heavy atom. The zero-order valence-electron chi connectivity index (χ0n) is 10.2. The lowest BCUT2D eigenvalue weighted by Gasteiger charge is -2.23. The molecule has 1 aliphatic rings. The van der Waals surface area contributed by atoms with Crippen LogP contribution in [-0.2, 0) is 10.3 Å². The molecule has 1 aromatic rings. The molecule has 0 bridgehead atoms. The Bertz CT molecular complexity index is 343. The van der Waals surface area contributed by atoms with Crippen molar-refractivity contribution in [3.05, 3.63) is 16.1 Å². The Hall–Kier alpha value is -0.450. The Morgan fingerprint density at radius 1 is 1.62 bits per heavy atom. The minimum Gasteiger partial charge on any atom is -0.371 e. The van der Waals surface area contributed by atoms with Gasteiger partial charge < -0.3 is 10.1 Å². The fourth-order valence-electron chi connectivity index (χ4n) is 2.03. The number of hydrogen-bond donors (Lipinski definition) is 1. The maximum absolute atomic E-state index is 5.65. The van der Waals surface area contributed by atoms with E-state index in [0.29, 0.717) is 0 Å². The lowest BCUT2D eigenvalue weighted by molar-refractivity contribution is 0.111. The number of thiazole rings is 1. The van der Waals surface area contributed by atoms with Crippen LogP contribution in [0.3, 0.4) is 0 Å². The van der Waals surface area contributed by atoms with E-state index in [1.807, 2.05) is 0 Å². The second kappa shape index (κ2) is 4.82. The lowest BCUT2D eigenvalue weighted by Crippen LogP contribution is -2.36. The van der Waals surface area contributed by atoms with E-state index in [4.69, 9.17) is 9.72 Å². The molecule has 0 saturated carbocycles. The summed E-state index contributed by atoms with van der Waals surface area (Å²) in [5.41, 5.74) is 1.09. The number of nitrogens with zero attached hydrogens (tertiary/aromatic N) is 1. The molecule has 0 aliphatic carbocycles. The summed E-state index contributed by atoms with van der Waals surface area (Å²) >= 11 is 1.72. The fourth-order valence-corrected chi connectivity index (χ4v) is 3.10. The molecule has 0 aromatic carbocycles. The van der Waals surface area contributed by atoms with Gasteiger partial charge >= 0.3 is 0 Å². The van der Waals surface area contributed by atoms with Crippen LogP contribution in [0.2, 0.25) is 0 Å². The van der Waals surface area contributed by atoms with Gasteiger partial charge in [0.15, 0.2) is 0 Å². The van der Waals surface area contributed by atoms with E-state index >= 15 is 0 Å². The number of hydrogen-bond acceptors (Lipinski definition) is 4. The van der Waals surface area contributed by atoms with Crippen molar-refractivity contribution in [3.63, 3.8) is 0 Å². The highest BCUT2D eigenvalue weighted by atomic mass is 32.1. The number of nitrogens with one attached hydrogen (secondary N) is 1. The van der Waals surface area contributed by atoms with Crippen LogP contribution in [0, 0.1) is 0 Å². The molecule has 1 saturated heterocycles. The van der Waals surface area contributed by atoms with Crippen molar-refractivity contribution in [1.29, 1.82) is 0 Å². The van der Waals surface area contributed by atoms with Crippen LogP contribution in [-0.4, -0.2) is 18.1 Å². The average Bonchev–Trinajstić information content (AvgIpc) is 2.89. The van der Waals surface area contributed by atoms with Gasteiger partial charge in [0.2, 0.25) is 0 Å². The summed E-state index contributed by atoms with van der Waals surface area (Å²) in [5, 5.41) is 6.74. The number of ether oxygens (including phenoxy) is 1. The van der Waals surface area contributed by atoms with Crippen LogP contribution in [0.1, 0.15) is 50.4 Å². The highest BCUT2D eigenvalue weighted by Crippen LogP contribution is 2.32. The molecule has 90 valence electrons. The molecule has 1 unspecified atom stereocenters.